The Labute approximate surface area is 118 Å². The van der Waals surface area contributed by atoms with E-state index in [4.69, 9.17) is 10.5 Å². The smallest absolute Gasteiger partial charge is 0.330 e. The Hall–Kier alpha value is -2.32. The number of hydrogen-bond acceptors (Lipinski definition) is 7. The molecule has 1 radical (unpaired) electrons. The van der Waals surface area contributed by atoms with E-state index < -0.39 is 16.9 Å². The van der Waals surface area contributed by atoms with Crippen LogP contribution in [0.3, 0.4) is 0 Å². The van der Waals surface area contributed by atoms with Gasteiger partial charge in [0.15, 0.2) is 6.04 Å². The topological polar surface area (TPSA) is 108 Å². The Balaban J connectivity index is 1.91. The lowest BCUT2D eigenvalue weighted by atomic mass is 10.2. The Kier molecular flexibility index (Phi) is 4.38. The largest absolute Gasteiger partial charge is 0.459 e. The lowest BCUT2D eigenvalue weighted by Crippen LogP contribution is -2.23. The van der Waals surface area contributed by atoms with Gasteiger partial charge in [0.2, 0.25) is 0 Å². The standard InChI is InChI=1S/C12H10N3O4S/c13-10(11-14-5-6-20-11)12(16)19-7-8-1-3-9(4-2-8)15(17)18/h1-4,6,10H,7,13H2. The molecule has 7 nitrogen and oxygen atoms in total. The third-order valence-electron chi connectivity index (χ3n) is 2.46. The summed E-state index contributed by atoms with van der Waals surface area (Å²) in [6, 6.07) is 4.80. The number of rotatable bonds is 5. The highest BCUT2D eigenvalue weighted by atomic mass is 32.1. The van der Waals surface area contributed by atoms with E-state index in [2.05, 4.69) is 11.2 Å². The number of thiazole rings is 1. The van der Waals surface area contributed by atoms with Gasteiger partial charge < -0.3 is 10.5 Å². The van der Waals surface area contributed by atoms with Crippen LogP contribution in [0.15, 0.2) is 29.6 Å². The average molecular weight is 292 g/mol. The molecule has 0 bridgehead atoms. The Morgan fingerprint density at radius 3 is 2.75 bits per heavy atom. The zero-order valence-electron chi connectivity index (χ0n) is 10.2. The number of nitrogens with zero attached hydrogens (tertiary/aromatic N) is 2. The van der Waals surface area contributed by atoms with Crippen molar-refractivity contribution < 1.29 is 14.5 Å². The number of esters is 1. The molecule has 1 atom stereocenters. The minimum Gasteiger partial charge on any atom is -0.459 e. The van der Waals surface area contributed by atoms with Crippen molar-refractivity contribution >= 4 is 23.0 Å². The second kappa shape index (κ2) is 6.22. The van der Waals surface area contributed by atoms with Gasteiger partial charge in [-0.25, -0.2) is 9.78 Å². The summed E-state index contributed by atoms with van der Waals surface area (Å²) in [6.07, 6.45) is 2.57. The first-order valence-electron chi connectivity index (χ1n) is 5.55. The van der Waals surface area contributed by atoms with E-state index in [1.807, 2.05) is 0 Å². The highest BCUT2D eigenvalue weighted by molar-refractivity contribution is 7.09. The van der Waals surface area contributed by atoms with Crippen LogP contribution in [0.4, 0.5) is 5.69 Å². The molecule has 0 spiro atoms. The van der Waals surface area contributed by atoms with Crippen molar-refractivity contribution in [2.45, 2.75) is 12.6 Å². The van der Waals surface area contributed by atoms with Crippen molar-refractivity contribution in [3.05, 3.63) is 56.5 Å². The third kappa shape index (κ3) is 3.37. The maximum Gasteiger partial charge on any atom is 0.330 e. The number of nitro benzene ring substituents is 1. The fourth-order valence-electron chi connectivity index (χ4n) is 1.40. The molecule has 0 aliphatic rings. The van der Waals surface area contributed by atoms with Gasteiger partial charge in [0.1, 0.15) is 17.8 Å². The van der Waals surface area contributed by atoms with Crippen molar-refractivity contribution in [3.8, 4) is 0 Å². The van der Waals surface area contributed by atoms with E-state index in [-0.39, 0.29) is 12.3 Å². The van der Waals surface area contributed by atoms with Crippen LogP contribution in [0, 0.1) is 16.3 Å². The molecular weight excluding hydrogens is 282 g/mol. The molecular formula is C12H10N3O4S. The summed E-state index contributed by atoms with van der Waals surface area (Å²) < 4.78 is 5.03. The molecule has 103 valence electrons. The summed E-state index contributed by atoms with van der Waals surface area (Å²) >= 11 is 1.22. The number of benzene rings is 1. The van der Waals surface area contributed by atoms with Crippen LogP contribution < -0.4 is 5.73 Å². The van der Waals surface area contributed by atoms with E-state index in [1.54, 1.807) is 5.38 Å². The molecule has 0 aliphatic carbocycles. The van der Waals surface area contributed by atoms with Crippen molar-refractivity contribution in [2.75, 3.05) is 0 Å². The summed E-state index contributed by atoms with van der Waals surface area (Å²) in [4.78, 5) is 25.5. The first-order valence-corrected chi connectivity index (χ1v) is 6.43. The molecule has 2 aromatic rings. The number of nitro groups is 1. The molecule has 2 rings (SSSR count). The minimum atomic E-state index is -0.940. The number of carbonyl (C=O) groups is 1. The number of ether oxygens (including phenoxy) is 1. The van der Waals surface area contributed by atoms with Gasteiger partial charge in [-0.3, -0.25) is 10.1 Å². The van der Waals surface area contributed by atoms with Gasteiger partial charge in [0.25, 0.3) is 5.69 Å². The fourth-order valence-corrected chi connectivity index (χ4v) is 1.98. The van der Waals surface area contributed by atoms with Gasteiger partial charge in [0.05, 0.1) is 4.92 Å². The van der Waals surface area contributed by atoms with E-state index in [0.717, 1.165) is 0 Å². The highest BCUT2D eigenvalue weighted by Crippen LogP contribution is 2.16. The molecule has 2 N–H and O–H groups in total. The fraction of sp³-hybridized carbons (Fsp3) is 0.167. The minimum absolute atomic E-state index is 0.000380. The van der Waals surface area contributed by atoms with Crippen molar-refractivity contribution in [1.29, 1.82) is 0 Å². The van der Waals surface area contributed by atoms with Gasteiger partial charge in [0, 0.05) is 17.5 Å². The van der Waals surface area contributed by atoms with E-state index in [9.17, 15) is 14.9 Å². The highest BCUT2D eigenvalue weighted by Gasteiger charge is 2.19. The third-order valence-corrected chi connectivity index (χ3v) is 3.27. The molecule has 0 saturated carbocycles. The van der Waals surface area contributed by atoms with Crippen molar-refractivity contribution in [2.24, 2.45) is 5.73 Å². The molecule has 1 aromatic carbocycles. The van der Waals surface area contributed by atoms with Crippen molar-refractivity contribution in [1.82, 2.24) is 4.98 Å². The van der Waals surface area contributed by atoms with Crippen LogP contribution in [0.5, 0.6) is 0 Å². The lowest BCUT2D eigenvalue weighted by Gasteiger charge is -2.09. The first-order chi connectivity index (χ1) is 9.58. The maximum absolute atomic E-state index is 11.7. The average Bonchev–Trinajstić information content (AvgIpc) is 2.98. The molecule has 1 aromatic heterocycles. The van der Waals surface area contributed by atoms with Gasteiger partial charge in [-0.1, -0.05) is 0 Å². The molecule has 0 aliphatic heterocycles. The molecule has 0 saturated heterocycles. The van der Waals surface area contributed by atoms with Crippen LogP contribution in [-0.4, -0.2) is 15.9 Å². The van der Waals surface area contributed by atoms with Crippen LogP contribution >= 0.6 is 11.3 Å². The molecule has 20 heavy (non-hydrogen) atoms. The SMILES string of the molecule is NC(C(=O)OCc1ccc([N+](=O)[O-])cc1)c1n[c]cs1. The number of hydrogen-bond donors (Lipinski definition) is 1. The number of non-ortho nitro benzene ring substituents is 1. The van der Waals surface area contributed by atoms with Crippen LogP contribution in [-0.2, 0) is 16.1 Å². The summed E-state index contributed by atoms with van der Waals surface area (Å²) in [5.41, 5.74) is 6.30. The molecule has 8 heteroatoms. The summed E-state index contributed by atoms with van der Waals surface area (Å²) in [5, 5.41) is 12.5. The number of nitrogens with two attached hydrogens (primary N) is 1. The van der Waals surface area contributed by atoms with Crippen molar-refractivity contribution in [3.63, 3.8) is 0 Å². The number of aromatic nitrogens is 1. The van der Waals surface area contributed by atoms with Gasteiger partial charge in [-0.15, -0.1) is 11.3 Å². The predicted octanol–water partition coefficient (Wildman–Crippen LogP) is 1.59. The summed E-state index contributed by atoms with van der Waals surface area (Å²) in [7, 11) is 0. The van der Waals surface area contributed by atoms with E-state index in [1.165, 1.54) is 35.6 Å². The summed E-state index contributed by atoms with van der Waals surface area (Å²) in [5.74, 6) is -0.605. The molecule has 1 heterocycles. The second-order valence-corrected chi connectivity index (χ2v) is 4.71. The summed E-state index contributed by atoms with van der Waals surface area (Å²) in [6.45, 7) is -0.000380. The molecule has 0 fully saturated rings. The predicted molar refractivity (Wildman–Crippen MR) is 70.8 cm³/mol. The normalized spacial score (nSPS) is 11.8. The Morgan fingerprint density at radius 2 is 2.20 bits per heavy atom. The van der Waals surface area contributed by atoms with Gasteiger partial charge in [-0.05, 0) is 17.7 Å². The van der Waals surface area contributed by atoms with Crippen LogP contribution in [0.1, 0.15) is 16.6 Å². The molecule has 1 unspecified atom stereocenters. The van der Waals surface area contributed by atoms with E-state index in [0.29, 0.717) is 10.6 Å². The van der Waals surface area contributed by atoms with Crippen LogP contribution in [0.2, 0.25) is 0 Å². The molecule has 0 amide bonds. The Morgan fingerprint density at radius 1 is 1.50 bits per heavy atom. The van der Waals surface area contributed by atoms with E-state index >= 15 is 0 Å². The van der Waals surface area contributed by atoms with Gasteiger partial charge >= 0.3 is 5.97 Å². The Bertz CT molecular complexity index is 598. The lowest BCUT2D eigenvalue weighted by molar-refractivity contribution is -0.384. The maximum atomic E-state index is 11.7. The zero-order valence-corrected chi connectivity index (χ0v) is 11.0. The zero-order chi connectivity index (χ0) is 14.5. The second-order valence-electron chi connectivity index (χ2n) is 3.82. The number of carbonyl (C=O) groups excluding carboxylic acids is 1. The van der Waals surface area contributed by atoms with Gasteiger partial charge in [-0.2, -0.15) is 0 Å². The monoisotopic (exact) mass is 292 g/mol. The quantitative estimate of drug-likeness (QED) is 0.509. The van der Waals surface area contributed by atoms with Crippen LogP contribution in [0.25, 0.3) is 0 Å². The first kappa shape index (κ1) is 14.1.